The Labute approximate surface area is 169 Å². The van der Waals surface area contributed by atoms with Gasteiger partial charge in [0.05, 0.1) is 10.9 Å². The normalized spacial score (nSPS) is 23.8. The van der Waals surface area contributed by atoms with E-state index in [1.54, 1.807) is 53.4 Å². The average molecular weight is 420 g/mol. The molecule has 2 fully saturated rings. The third-order valence-electron chi connectivity index (χ3n) is 5.53. The van der Waals surface area contributed by atoms with Crippen molar-refractivity contribution in [2.24, 2.45) is 5.92 Å². The van der Waals surface area contributed by atoms with Crippen LogP contribution in [0.1, 0.15) is 18.4 Å². The van der Waals surface area contributed by atoms with Crippen LogP contribution in [-0.2, 0) is 10.0 Å². The number of anilines is 1. The van der Waals surface area contributed by atoms with Gasteiger partial charge in [-0.1, -0.05) is 29.8 Å². The molecular weight excluding hydrogens is 398 g/mol. The van der Waals surface area contributed by atoms with Crippen LogP contribution in [0.5, 0.6) is 0 Å². The summed E-state index contributed by atoms with van der Waals surface area (Å²) in [5, 5.41) is 3.55. The molecule has 2 amide bonds. The minimum Gasteiger partial charge on any atom is -0.320 e. The minimum atomic E-state index is -3.61. The van der Waals surface area contributed by atoms with Crippen molar-refractivity contribution >= 4 is 33.3 Å². The summed E-state index contributed by atoms with van der Waals surface area (Å²) in [4.78, 5) is 14.8. The van der Waals surface area contributed by atoms with Gasteiger partial charge in [0.25, 0.3) is 0 Å². The van der Waals surface area contributed by atoms with E-state index in [1.165, 1.54) is 0 Å². The van der Waals surface area contributed by atoms with Gasteiger partial charge in [0.1, 0.15) is 0 Å². The van der Waals surface area contributed by atoms with Crippen LogP contribution >= 0.6 is 11.6 Å². The molecular formula is C20H22ClN3O3S. The molecule has 3 atom stereocenters. The predicted octanol–water partition coefficient (Wildman–Crippen LogP) is 3.62. The molecule has 1 saturated carbocycles. The van der Waals surface area contributed by atoms with E-state index < -0.39 is 10.0 Å². The number of piperidine rings is 1. The van der Waals surface area contributed by atoms with Gasteiger partial charge < -0.3 is 10.2 Å². The SMILES string of the molecule is Cc1cc(Cl)ccc1NC(=O)N1C[C@@H]2C[C@H](NS(=O)(=O)c3ccccc3)[C@H]1C2. The summed E-state index contributed by atoms with van der Waals surface area (Å²) in [7, 11) is -3.61. The Morgan fingerprint density at radius 2 is 1.89 bits per heavy atom. The maximum atomic E-state index is 12.8. The molecule has 2 N–H and O–H groups in total. The summed E-state index contributed by atoms with van der Waals surface area (Å²) in [6, 6.07) is 13.0. The van der Waals surface area contributed by atoms with Crippen molar-refractivity contribution < 1.29 is 13.2 Å². The molecule has 2 aromatic rings. The summed E-state index contributed by atoms with van der Waals surface area (Å²) >= 11 is 5.97. The van der Waals surface area contributed by atoms with Gasteiger partial charge >= 0.3 is 6.03 Å². The predicted molar refractivity (Wildman–Crippen MR) is 109 cm³/mol. The fourth-order valence-electron chi connectivity index (χ4n) is 4.21. The lowest BCUT2D eigenvalue weighted by molar-refractivity contribution is 0.183. The van der Waals surface area contributed by atoms with E-state index in [1.807, 2.05) is 6.92 Å². The largest absolute Gasteiger partial charge is 0.322 e. The monoisotopic (exact) mass is 419 g/mol. The number of carbonyl (C=O) groups excluding carboxylic acids is 1. The van der Waals surface area contributed by atoms with E-state index in [0.29, 0.717) is 23.2 Å². The lowest BCUT2D eigenvalue weighted by Gasteiger charge is -2.33. The molecule has 0 unspecified atom stereocenters. The molecule has 1 aliphatic heterocycles. The average Bonchev–Trinajstić information content (AvgIpc) is 3.25. The Balaban J connectivity index is 1.47. The van der Waals surface area contributed by atoms with Crippen molar-refractivity contribution in [3.63, 3.8) is 0 Å². The number of urea groups is 1. The number of hydrogen-bond donors (Lipinski definition) is 2. The molecule has 6 nitrogen and oxygen atoms in total. The second kappa shape index (κ2) is 7.39. The second-order valence-electron chi connectivity index (χ2n) is 7.49. The first-order valence-corrected chi connectivity index (χ1v) is 11.1. The number of nitrogens with zero attached hydrogens (tertiary/aromatic N) is 1. The molecule has 1 aliphatic carbocycles. The first-order chi connectivity index (χ1) is 13.3. The molecule has 0 radical (unpaired) electrons. The molecule has 2 bridgehead atoms. The standard InChI is InChI=1S/C20H22ClN3O3S/c1-13-9-15(21)7-8-17(13)22-20(25)24-12-14-10-18(19(24)11-14)23-28(26,27)16-5-3-2-4-6-16/h2-9,14,18-19,23H,10-12H2,1H3,(H,22,25)/t14-,18+,19-/m1/s1. The van der Waals surface area contributed by atoms with Gasteiger partial charge in [-0.05, 0) is 61.6 Å². The highest BCUT2D eigenvalue weighted by atomic mass is 35.5. The summed E-state index contributed by atoms with van der Waals surface area (Å²) in [6.07, 6.45) is 1.56. The van der Waals surface area contributed by atoms with Gasteiger partial charge in [0.2, 0.25) is 10.0 Å². The van der Waals surface area contributed by atoms with Crippen molar-refractivity contribution in [3.8, 4) is 0 Å². The fraction of sp³-hybridized carbons (Fsp3) is 0.350. The van der Waals surface area contributed by atoms with Crippen molar-refractivity contribution in [3.05, 3.63) is 59.1 Å². The van der Waals surface area contributed by atoms with Gasteiger partial charge in [0, 0.05) is 23.3 Å². The number of fused-ring (bicyclic) bond motifs is 2. The highest BCUT2D eigenvalue weighted by molar-refractivity contribution is 7.89. The van der Waals surface area contributed by atoms with Gasteiger partial charge in [-0.3, -0.25) is 0 Å². The van der Waals surface area contributed by atoms with Crippen LogP contribution in [0.25, 0.3) is 0 Å². The summed E-state index contributed by atoms with van der Waals surface area (Å²) in [5.41, 5.74) is 1.59. The molecule has 2 aromatic carbocycles. The number of benzene rings is 2. The van der Waals surface area contributed by atoms with Crippen molar-refractivity contribution in [1.82, 2.24) is 9.62 Å². The highest BCUT2D eigenvalue weighted by Gasteiger charge is 2.48. The maximum Gasteiger partial charge on any atom is 0.322 e. The number of halogens is 1. The Bertz CT molecular complexity index is 997. The molecule has 28 heavy (non-hydrogen) atoms. The molecule has 4 rings (SSSR count). The first-order valence-electron chi connectivity index (χ1n) is 9.24. The van der Waals surface area contributed by atoms with Crippen molar-refractivity contribution in [1.29, 1.82) is 0 Å². The van der Waals surface area contributed by atoms with Crippen LogP contribution < -0.4 is 10.0 Å². The second-order valence-corrected chi connectivity index (χ2v) is 9.64. The van der Waals surface area contributed by atoms with Crippen LogP contribution in [0, 0.1) is 12.8 Å². The number of aryl methyl sites for hydroxylation is 1. The topological polar surface area (TPSA) is 78.5 Å². The summed E-state index contributed by atoms with van der Waals surface area (Å²) in [5.74, 6) is 0.311. The summed E-state index contributed by atoms with van der Waals surface area (Å²) in [6.45, 7) is 2.53. The van der Waals surface area contributed by atoms with E-state index >= 15 is 0 Å². The highest BCUT2D eigenvalue weighted by Crippen LogP contribution is 2.38. The zero-order valence-corrected chi connectivity index (χ0v) is 17.0. The van der Waals surface area contributed by atoms with Gasteiger partial charge in [-0.2, -0.15) is 0 Å². The van der Waals surface area contributed by atoms with Crippen molar-refractivity contribution in [2.75, 3.05) is 11.9 Å². The van der Waals surface area contributed by atoms with Crippen molar-refractivity contribution in [2.45, 2.75) is 36.7 Å². The van der Waals surface area contributed by atoms with Crippen LogP contribution in [0.3, 0.4) is 0 Å². The van der Waals surface area contributed by atoms with Crippen LogP contribution in [0.4, 0.5) is 10.5 Å². The zero-order valence-electron chi connectivity index (χ0n) is 15.4. The third-order valence-corrected chi connectivity index (χ3v) is 7.27. The van der Waals surface area contributed by atoms with E-state index in [9.17, 15) is 13.2 Å². The lowest BCUT2D eigenvalue weighted by atomic mass is 10.1. The number of likely N-dealkylation sites (tertiary alicyclic amines) is 1. The number of nitrogens with one attached hydrogen (secondary N) is 2. The fourth-order valence-corrected chi connectivity index (χ4v) is 5.74. The Kier molecular flexibility index (Phi) is 5.07. The van der Waals surface area contributed by atoms with Gasteiger partial charge in [0.15, 0.2) is 0 Å². The smallest absolute Gasteiger partial charge is 0.320 e. The van der Waals surface area contributed by atoms with Crippen LogP contribution in [0.2, 0.25) is 5.02 Å². The summed E-state index contributed by atoms with van der Waals surface area (Å²) < 4.78 is 28.1. The first kappa shape index (κ1) is 19.2. The van der Waals surface area contributed by atoms with Gasteiger partial charge in [-0.25, -0.2) is 17.9 Å². The number of amides is 2. The van der Waals surface area contributed by atoms with E-state index in [-0.39, 0.29) is 23.0 Å². The van der Waals surface area contributed by atoms with Gasteiger partial charge in [-0.15, -0.1) is 0 Å². The molecule has 0 aromatic heterocycles. The maximum absolute atomic E-state index is 12.8. The number of rotatable bonds is 4. The Hall–Kier alpha value is -2.09. The van der Waals surface area contributed by atoms with Crippen LogP contribution in [-0.4, -0.2) is 38.0 Å². The number of hydrogen-bond acceptors (Lipinski definition) is 3. The number of sulfonamides is 1. The van der Waals surface area contributed by atoms with E-state index in [0.717, 1.165) is 18.4 Å². The minimum absolute atomic E-state index is 0.143. The number of carbonyl (C=O) groups is 1. The van der Waals surface area contributed by atoms with E-state index in [2.05, 4.69) is 10.0 Å². The quantitative estimate of drug-likeness (QED) is 0.794. The molecule has 8 heteroatoms. The molecule has 148 valence electrons. The molecule has 1 heterocycles. The Morgan fingerprint density at radius 3 is 2.57 bits per heavy atom. The van der Waals surface area contributed by atoms with E-state index in [4.69, 9.17) is 11.6 Å². The lowest BCUT2D eigenvalue weighted by Crippen LogP contribution is -2.52. The molecule has 0 spiro atoms. The van der Waals surface area contributed by atoms with Crippen LogP contribution in [0.15, 0.2) is 53.4 Å². The molecule has 2 aliphatic rings. The Morgan fingerprint density at radius 1 is 1.14 bits per heavy atom. The zero-order chi connectivity index (χ0) is 19.9. The molecule has 1 saturated heterocycles. The third kappa shape index (κ3) is 3.74.